The molecule has 0 spiro atoms. The van der Waals surface area contributed by atoms with Gasteiger partial charge in [-0.3, -0.25) is 33.6 Å². The lowest BCUT2D eigenvalue weighted by Crippen LogP contribution is -3.00. The van der Waals surface area contributed by atoms with Gasteiger partial charge in [0.25, 0.3) is 5.91 Å². The van der Waals surface area contributed by atoms with E-state index in [1.54, 1.807) is 36.4 Å². The molecule has 0 aliphatic carbocycles. The molecule has 33 heteroatoms. The van der Waals surface area contributed by atoms with Gasteiger partial charge in [-0.15, -0.1) is 17.0 Å². The highest BCUT2D eigenvalue weighted by atomic mass is 79.9. The van der Waals surface area contributed by atoms with E-state index in [1.807, 2.05) is 92.5 Å². The number of carbonyl (C=O) groups is 14. The largest absolute Gasteiger partial charge is 1.00 e. The number of unbranched alkanes of at least 4 members (excludes halogenated alkanes) is 5. The lowest BCUT2D eigenvalue weighted by atomic mass is 9.93. The molecule has 0 radical (unpaired) electrons. The number of ketones is 2. The molecule has 0 heterocycles. The summed E-state index contributed by atoms with van der Waals surface area (Å²) in [6, 6.07) is 21.0. The van der Waals surface area contributed by atoms with Crippen molar-refractivity contribution in [1.29, 1.82) is 0 Å². The third-order valence-electron chi connectivity index (χ3n) is 16.2. The topological polar surface area (TPSA) is 386 Å². The van der Waals surface area contributed by atoms with Gasteiger partial charge in [-0.05, 0) is 115 Å². The molecule has 3 N–H and O–H groups in total. The Morgan fingerprint density at radius 1 is 0.429 bits per heavy atom. The number of nitrogens with one attached hydrogen (secondary N) is 3. The average molecular weight is 1710 g/mol. The first-order chi connectivity index (χ1) is 51.7. The number of esters is 8. The fraction of sp³-hybridized carbons (Fsp3) is 0.595. The summed E-state index contributed by atoms with van der Waals surface area (Å²) in [4.78, 5) is 172. The van der Waals surface area contributed by atoms with Crippen molar-refractivity contribution in [2.24, 2.45) is 10.8 Å². The number of anilines is 1. The van der Waals surface area contributed by atoms with Crippen molar-refractivity contribution in [1.82, 2.24) is 10.6 Å². The van der Waals surface area contributed by atoms with Crippen molar-refractivity contribution in [2.75, 3.05) is 120 Å². The van der Waals surface area contributed by atoms with Crippen molar-refractivity contribution >= 4 is 106 Å². The fourth-order valence-corrected chi connectivity index (χ4v) is 9.51. The van der Waals surface area contributed by atoms with E-state index in [-0.39, 0.29) is 103 Å². The van der Waals surface area contributed by atoms with Crippen LogP contribution in [0.4, 0.5) is 20.1 Å². The third kappa shape index (κ3) is 44.8. The molecule has 0 fully saturated rings. The van der Waals surface area contributed by atoms with Gasteiger partial charge in [-0.1, -0.05) is 81.1 Å². The molecule has 0 aliphatic heterocycles. The van der Waals surface area contributed by atoms with E-state index in [1.165, 1.54) is 48.5 Å². The van der Waals surface area contributed by atoms with Crippen LogP contribution in [0.25, 0.3) is 0 Å². The number of hydrogen-bond donors (Lipinski definition) is 3. The number of amides is 3. The minimum absolute atomic E-state index is 0. The van der Waals surface area contributed by atoms with Crippen LogP contribution in [0.2, 0.25) is 0 Å². The van der Waals surface area contributed by atoms with Crippen LogP contribution in [0.5, 0.6) is 0 Å². The number of nitrogens with zero attached hydrogens (tertiary/aromatic N) is 2. The summed E-state index contributed by atoms with van der Waals surface area (Å²) in [6.45, 7) is 15.0. The Balaban J connectivity index is 0.00000267. The predicted octanol–water partition coefficient (Wildman–Crippen LogP) is 6.85. The first-order valence-electron chi connectivity index (χ1n) is 37.0. The number of Topliss-reactive ketones (excluding diaryl/α,β-unsaturated/α-hetero) is 2. The number of urea groups is 1. The van der Waals surface area contributed by atoms with Gasteiger partial charge in [0, 0.05) is 75.9 Å². The van der Waals surface area contributed by atoms with E-state index in [9.17, 15) is 67.1 Å². The highest BCUT2D eigenvalue weighted by Gasteiger charge is 2.41. The predicted molar refractivity (Wildman–Crippen MR) is 411 cm³/mol. The molecule has 0 bridgehead atoms. The number of carbonyl (C=O) groups excluding carboxylic acids is 14. The molecule has 6 atom stereocenters. The van der Waals surface area contributed by atoms with Gasteiger partial charge in [-0.2, -0.15) is 0 Å². The zero-order chi connectivity index (χ0) is 82.6. The molecule has 0 aliphatic rings. The number of hydrogen-bond acceptors (Lipinski definition) is 26. The standard InChI is InChI=1S/C54H72N4O15.C25H44NO11.2BrH/c1-9-55-52(66)57-45-27-20-42(21-28-45)34-56-48(62)44-25-23-43(24-26-44)47(61)29-22-40-16-18-41(19-17-40)33-46(60)15-12-10-11-13-31-68-49(63)37(2)72-50(64)38(3)73-53(67)71-36-54(5,35-70-39(4)59)51(65)69-32-14-30-58(6,7)8;1-9-10-11-14-32-21(28)18(2)36-22(29)19(3)37-24(31)35-17-25(5,16-34-20(4)27)23(30)33-15-12-13-26(6,7)8;;/h16-21,23-28,37-38H,9-15,22,29-36H2,1-8H3,(H2-,55,56,57,62,66);18-19H,9-17H2,1-8H3;2*1H/q;+1;;. The second kappa shape index (κ2) is 53.8. The molecule has 3 aromatic rings. The van der Waals surface area contributed by atoms with Gasteiger partial charge in [-0.25, -0.2) is 33.6 Å². The number of ether oxygens (including phenoxy) is 12. The van der Waals surface area contributed by atoms with Crippen LogP contribution in [-0.4, -0.2) is 232 Å². The quantitative estimate of drug-likeness (QED) is 0.0171. The molecular formula is C79H118Br2N5O26+. The first-order valence-corrected chi connectivity index (χ1v) is 37.0. The monoisotopic (exact) mass is 1710 g/mol. The summed E-state index contributed by atoms with van der Waals surface area (Å²) in [5, 5.41) is 8.25. The van der Waals surface area contributed by atoms with Crippen molar-refractivity contribution in [3.63, 3.8) is 0 Å². The van der Waals surface area contributed by atoms with Crippen LogP contribution >= 0.6 is 17.0 Å². The molecule has 0 saturated heterocycles. The zero-order valence-corrected chi connectivity index (χ0v) is 71.0. The van der Waals surface area contributed by atoms with E-state index in [4.69, 9.17) is 56.8 Å². The van der Waals surface area contributed by atoms with E-state index >= 15 is 0 Å². The van der Waals surface area contributed by atoms with Crippen LogP contribution in [0, 0.1) is 10.8 Å². The molecule has 3 rings (SSSR count). The second-order valence-electron chi connectivity index (χ2n) is 29.0. The maximum Gasteiger partial charge on any atom is 0.509 e. The second-order valence-corrected chi connectivity index (χ2v) is 29.0. The van der Waals surface area contributed by atoms with Gasteiger partial charge in [0.05, 0.1) is 81.8 Å². The van der Waals surface area contributed by atoms with E-state index < -0.39 is 115 Å². The molecule has 6 unspecified atom stereocenters. The highest BCUT2D eigenvalue weighted by Crippen LogP contribution is 2.24. The van der Waals surface area contributed by atoms with E-state index in [2.05, 4.69) is 16.0 Å². The molecule has 3 amide bonds. The van der Waals surface area contributed by atoms with Gasteiger partial charge < -0.3 is 98.7 Å². The summed E-state index contributed by atoms with van der Waals surface area (Å²) >= 11 is 0. The minimum atomic E-state index is -1.55. The molecule has 0 saturated carbocycles. The zero-order valence-electron chi connectivity index (χ0n) is 67.7. The molecular weight excluding hydrogens is 1590 g/mol. The molecule has 3 aromatic carbocycles. The average Bonchev–Trinajstić information content (AvgIpc) is 0.850. The fourth-order valence-electron chi connectivity index (χ4n) is 9.51. The van der Waals surface area contributed by atoms with Gasteiger partial charge >= 0.3 is 66.1 Å². The Kier molecular flexibility index (Phi) is 49.4. The summed E-state index contributed by atoms with van der Waals surface area (Å²) in [6.07, 6.45) is -0.0907. The minimum Gasteiger partial charge on any atom is -1.00 e. The van der Waals surface area contributed by atoms with Gasteiger partial charge in [0.15, 0.2) is 30.2 Å². The van der Waals surface area contributed by atoms with Gasteiger partial charge in [0.1, 0.15) is 43.0 Å². The maximum absolute atomic E-state index is 12.9. The molecule has 31 nitrogen and oxygen atoms in total. The smallest absolute Gasteiger partial charge is 0.509 e. The maximum atomic E-state index is 12.9. The normalized spacial score (nSPS) is 13.0. The van der Waals surface area contributed by atoms with E-state index in [0.29, 0.717) is 90.2 Å². The van der Waals surface area contributed by atoms with E-state index in [0.717, 1.165) is 56.0 Å². The first kappa shape index (κ1) is 103. The summed E-state index contributed by atoms with van der Waals surface area (Å²) in [5.74, 6) is -6.51. The number of quaternary nitrogens is 2. The Morgan fingerprint density at radius 2 is 0.830 bits per heavy atom. The van der Waals surface area contributed by atoms with Gasteiger partial charge in [0.2, 0.25) is 0 Å². The van der Waals surface area contributed by atoms with Crippen molar-refractivity contribution in [3.8, 4) is 0 Å². The number of benzene rings is 3. The van der Waals surface area contributed by atoms with Crippen LogP contribution in [-0.2, 0) is 119 Å². The SMILES string of the molecule is Br.CCCCCOC(=O)C(C)OC(=O)C(C)OC(=O)OCC(C)(COC(C)=O)C(=O)OCCC[N+](C)(C)C.CCNC(=O)Nc1ccc(CNC(=O)c2ccc(C(=O)CCc3ccc(CC(=O)CCCCCCOC(=O)C(C)OC(=O)C(C)OC(=O)OCC(C)(COC(C)=O)C(=O)OCCC[N+](C)(C)C)cc3)cc2)cc1.[Br-]. The Labute approximate surface area is 678 Å². The summed E-state index contributed by atoms with van der Waals surface area (Å²) in [7, 11) is 12.0. The third-order valence-corrected chi connectivity index (χ3v) is 16.2. The number of halogens is 2. The molecule has 0 aromatic heterocycles. The number of rotatable bonds is 48. The Hall–Kier alpha value is -9.08. The molecule has 112 heavy (non-hydrogen) atoms. The van der Waals surface area contributed by atoms with Crippen LogP contribution in [0.3, 0.4) is 0 Å². The molecule has 628 valence electrons. The van der Waals surface area contributed by atoms with Crippen molar-refractivity contribution in [3.05, 3.63) is 101 Å². The van der Waals surface area contributed by atoms with Crippen molar-refractivity contribution in [2.45, 2.75) is 184 Å². The lowest BCUT2D eigenvalue weighted by Gasteiger charge is -2.27. The number of aryl methyl sites for hydroxylation is 1. The lowest BCUT2D eigenvalue weighted by molar-refractivity contribution is -0.870. The Bertz CT molecular complexity index is 3470. The van der Waals surface area contributed by atoms with Crippen molar-refractivity contribution < 1.29 is 150 Å². The summed E-state index contributed by atoms with van der Waals surface area (Å²) in [5.41, 5.74) is 1.21. The summed E-state index contributed by atoms with van der Waals surface area (Å²) < 4.78 is 62.3. The Morgan fingerprint density at radius 3 is 1.27 bits per heavy atom. The van der Waals surface area contributed by atoms with Crippen LogP contribution in [0.15, 0.2) is 72.8 Å². The highest BCUT2D eigenvalue weighted by molar-refractivity contribution is 8.93. The van der Waals surface area contributed by atoms with Crippen LogP contribution in [0.1, 0.15) is 177 Å². The van der Waals surface area contributed by atoms with Crippen LogP contribution < -0.4 is 32.9 Å².